The summed E-state index contributed by atoms with van der Waals surface area (Å²) in [5.74, 6) is 0.214. The standard InChI is InChI=1S/C42H47N9O7/c1-44-38(43)36-37(27-13-15-30(16-14-27)58-29-9-4-3-5-10-29)48-51(39(36)45-2)28-8-7-20-49(26-28)21-23-57-25-24-56-22-19-46-32-12-6-11-31-35(32)42(55)50(41(31)54)33-17-18-34(52)47-40(33)53/h3-6,9-16,28,33,46H,1,7-8,17-26,43H2,2H3,(H,47,52,53)/b38-36-,45-39+. The van der Waals surface area contributed by atoms with E-state index in [1.807, 2.05) is 59.6 Å². The van der Waals surface area contributed by atoms with Gasteiger partial charge in [-0.25, -0.2) is 10.0 Å². The number of nitrogens with zero attached hydrogens (tertiary/aromatic N) is 6. The smallest absolute Gasteiger partial charge is 0.264 e. The van der Waals surface area contributed by atoms with Crippen molar-refractivity contribution in [1.82, 2.24) is 20.1 Å². The van der Waals surface area contributed by atoms with Gasteiger partial charge in [-0.15, -0.1) is 0 Å². The minimum atomic E-state index is -1.02. The van der Waals surface area contributed by atoms with E-state index in [1.165, 1.54) is 0 Å². The number of ether oxygens (including phenoxy) is 3. The maximum atomic E-state index is 13.3. The molecule has 4 N–H and O–H groups in total. The minimum absolute atomic E-state index is 0.0629. The number of carbonyl (C=O) groups excluding carboxylic acids is 4. The molecule has 2 unspecified atom stereocenters. The number of hydrogen-bond acceptors (Lipinski definition) is 13. The van der Waals surface area contributed by atoms with E-state index in [0.29, 0.717) is 61.5 Å². The van der Waals surface area contributed by atoms with Crippen LogP contribution in [0.25, 0.3) is 0 Å². The van der Waals surface area contributed by atoms with Gasteiger partial charge in [-0.2, -0.15) is 5.10 Å². The Hall–Kier alpha value is -6.23. The number of piperidine rings is 2. The Balaban J connectivity index is 0.857. The third-order valence-electron chi connectivity index (χ3n) is 10.4. The van der Waals surface area contributed by atoms with E-state index in [0.717, 1.165) is 48.7 Å². The van der Waals surface area contributed by atoms with Crippen molar-refractivity contribution in [3.63, 3.8) is 0 Å². The number of anilines is 1. The highest BCUT2D eigenvalue weighted by Gasteiger charge is 2.45. The van der Waals surface area contributed by atoms with Gasteiger partial charge >= 0.3 is 0 Å². The van der Waals surface area contributed by atoms with Gasteiger partial charge in [-0.05, 0) is 81.1 Å². The molecule has 16 heteroatoms. The fraction of sp³-hybridized carbons (Fsp3) is 0.357. The molecule has 16 nitrogen and oxygen atoms in total. The van der Waals surface area contributed by atoms with Crippen LogP contribution in [0.15, 0.2) is 99.3 Å². The van der Waals surface area contributed by atoms with Crippen LogP contribution in [-0.4, -0.2) is 128 Å². The lowest BCUT2D eigenvalue weighted by Crippen LogP contribution is -2.54. The van der Waals surface area contributed by atoms with E-state index in [-0.39, 0.29) is 35.8 Å². The molecule has 0 aromatic heterocycles. The zero-order valence-corrected chi connectivity index (χ0v) is 32.4. The summed E-state index contributed by atoms with van der Waals surface area (Å²) < 4.78 is 17.7. The van der Waals surface area contributed by atoms with Gasteiger partial charge in [0, 0.05) is 44.4 Å². The van der Waals surface area contributed by atoms with E-state index >= 15 is 0 Å². The minimum Gasteiger partial charge on any atom is -0.457 e. The Morgan fingerprint density at radius 1 is 0.931 bits per heavy atom. The van der Waals surface area contributed by atoms with Gasteiger partial charge in [0.2, 0.25) is 11.8 Å². The van der Waals surface area contributed by atoms with Crippen LogP contribution < -0.4 is 21.1 Å². The van der Waals surface area contributed by atoms with Crippen LogP contribution in [-0.2, 0) is 19.1 Å². The molecule has 3 aromatic rings. The Morgan fingerprint density at radius 2 is 1.69 bits per heavy atom. The lowest BCUT2D eigenvalue weighted by molar-refractivity contribution is -0.136. The lowest BCUT2D eigenvalue weighted by Gasteiger charge is -2.36. The number of amidine groups is 1. The van der Waals surface area contributed by atoms with Gasteiger partial charge in [0.1, 0.15) is 29.1 Å². The van der Waals surface area contributed by atoms with Crippen LogP contribution >= 0.6 is 0 Å². The summed E-state index contributed by atoms with van der Waals surface area (Å²) in [6, 6.07) is 21.3. The Kier molecular flexibility index (Phi) is 12.7. The molecule has 0 spiro atoms. The third-order valence-corrected chi connectivity index (χ3v) is 10.4. The Morgan fingerprint density at radius 3 is 2.43 bits per heavy atom. The highest BCUT2D eigenvalue weighted by atomic mass is 16.5. The number of carbonyl (C=O) groups is 4. The van der Waals surface area contributed by atoms with Gasteiger partial charge in [0.25, 0.3) is 11.8 Å². The normalized spacial score (nSPS) is 21.3. The van der Waals surface area contributed by atoms with Crippen LogP contribution in [0.4, 0.5) is 5.69 Å². The second-order valence-corrected chi connectivity index (χ2v) is 14.1. The maximum absolute atomic E-state index is 13.3. The van der Waals surface area contributed by atoms with Gasteiger partial charge in [-0.1, -0.05) is 24.3 Å². The van der Waals surface area contributed by atoms with Crippen LogP contribution in [0.5, 0.6) is 11.5 Å². The van der Waals surface area contributed by atoms with Gasteiger partial charge in [-0.3, -0.25) is 39.3 Å². The first-order valence-corrected chi connectivity index (χ1v) is 19.4. The van der Waals surface area contributed by atoms with E-state index in [1.54, 1.807) is 25.2 Å². The van der Waals surface area contributed by atoms with Crippen molar-refractivity contribution in [2.45, 2.75) is 37.8 Å². The van der Waals surface area contributed by atoms with Crippen LogP contribution in [0.1, 0.15) is 52.0 Å². The van der Waals surface area contributed by atoms with Crippen LogP contribution in [0.3, 0.4) is 0 Å². The molecule has 4 heterocycles. The Bertz CT molecular complexity index is 2140. The Labute approximate surface area is 336 Å². The molecule has 0 bridgehead atoms. The molecule has 2 fully saturated rings. The second-order valence-electron chi connectivity index (χ2n) is 14.1. The molecule has 0 aliphatic carbocycles. The highest BCUT2D eigenvalue weighted by Crippen LogP contribution is 2.33. The van der Waals surface area contributed by atoms with Crippen molar-refractivity contribution in [2.24, 2.45) is 20.8 Å². The molecule has 7 rings (SSSR count). The summed E-state index contributed by atoms with van der Waals surface area (Å²) >= 11 is 0. The number of hydrogen-bond donors (Lipinski definition) is 3. The van der Waals surface area contributed by atoms with Crippen molar-refractivity contribution < 1.29 is 33.4 Å². The molecule has 2 saturated heterocycles. The zero-order chi connectivity index (χ0) is 40.6. The van der Waals surface area contributed by atoms with Gasteiger partial charge in [0.05, 0.1) is 49.2 Å². The van der Waals surface area contributed by atoms with E-state index in [2.05, 4.69) is 32.2 Å². The van der Waals surface area contributed by atoms with Gasteiger partial charge < -0.3 is 25.3 Å². The number of fused-ring (bicyclic) bond motifs is 1. The van der Waals surface area contributed by atoms with E-state index in [9.17, 15) is 19.2 Å². The number of likely N-dealkylation sites (tertiary alicyclic amines) is 1. The van der Waals surface area contributed by atoms with Crippen molar-refractivity contribution in [3.05, 3.63) is 101 Å². The number of rotatable bonds is 16. The summed E-state index contributed by atoms with van der Waals surface area (Å²) in [6.45, 7) is 8.17. The van der Waals surface area contributed by atoms with Crippen molar-refractivity contribution in [1.29, 1.82) is 0 Å². The quantitative estimate of drug-likeness (QED) is 0.109. The third kappa shape index (κ3) is 8.68. The molecular weight excluding hydrogens is 743 g/mol. The average molecular weight is 790 g/mol. The first-order chi connectivity index (χ1) is 28.3. The first kappa shape index (κ1) is 40.0. The molecule has 2 atom stereocenters. The maximum Gasteiger partial charge on any atom is 0.264 e. The van der Waals surface area contributed by atoms with E-state index in [4.69, 9.17) is 25.0 Å². The molecule has 4 aliphatic heterocycles. The fourth-order valence-corrected chi connectivity index (χ4v) is 7.59. The predicted octanol–water partition coefficient (Wildman–Crippen LogP) is 3.41. The summed E-state index contributed by atoms with van der Waals surface area (Å²) in [5, 5.41) is 12.4. The van der Waals surface area contributed by atoms with Crippen molar-refractivity contribution >= 4 is 47.6 Å². The predicted molar refractivity (Wildman–Crippen MR) is 218 cm³/mol. The lowest BCUT2D eigenvalue weighted by atomic mass is 10.0. The first-order valence-electron chi connectivity index (χ1n) is 19.4. The van der Waals surface area contributed by atoms with Crippen molar-refractivity contribution in [3.8, 4) is 11.5 Å². The molecule has 0 saturated carbocycles. The van der Waals surface area contributed by atoms with E-state index < -0.39 is 29.7 Å². The molecular formula is C42H47N9O7. The number of amides is 4. The number of aliphatic imine (C=N–C) groups is 2. The van der Waals surface area contributed by atoms with Crippen molar-refractivity contribution in [2.75, 3.05) is 65.0 Å². The number of imide groups is 2. The number of nitrogens with one attached hydrogen (secondary N) is 2. The number of benzene rings is 3. The number of para-hydroxylation sites is 1. The number of hydrazone groups is 1. The summed E-state index contributed by atoms with van der Waals surface area (Å²) in [5.41, 5.74) is 9.51. The fourth-order valence-electron chi connectivity index (χ4n) is 7.59. The summed E-state index contributed by atoms with van der Waals surface area (Å²) in [4.78, 5) is 62.4. The summed E-state index contributed by atoms with van der Waals surface area (Å²) in [7, 11) is 1.73. The topological polar surface area (TPSA) is 193 Å². The number of nitrogens with two attached hydrogens (primary N) is 1. The average Bonchev–Trinajstić information content (AvgIpc) is 3.75. The monoisotopic (exact) mass is 789 g/mol. The molecule has 4 amide bonds. The highest BCUT2D eigenvalue weighted by molar-refractivity contribution is 6.32. The largest absolute Gasteiger partial charge is 0.457 e. The van der Waals surface area contributed by atoms with Crippen LogP contribution in [0, 0.1) is 0 Å². The second kappa shape index (κ2) is 18.4. The van der Waals surface area contributed by atoms with Gasteiger partial charge in [0.15, 0.2) is 5.84 Å². The zero-order valence-electron chi connectivity index (χ0n) is 32.4. The molecule has 302 valence electrons. The molecule has 0 radical (unpaired) electrons. The van der Waals surface area contributed by atoms with Crippen LogP contribution in [0.2, 0.25) is 0 Å². The SMILES string of the molecule is C=N/C(N)=C1/C(c2ccc(Oc3ccccc3)cc2)=NN(C2CCCN(CCOCCOCCNc3cccc4c3C(=O)N(C3CCC(=O)NC3=O)C4=O)C2)/C1=N/C. The molecule has 4 aliphatic rings. The molecule has 58 heavy (non-hydrogen) atoms. The molecule has 3 aromatic carbocycles. The summed E-state index contributed by atoms with van der Waals surface area (Å²) in [6.07, 6.45) is 2.08.